The number of rotatable bonds is 3. The Kier molecular flexibility index (Phi) is 4.55. The van der Waals surface area contributed by atoms with Gasteiger partial charge in [0.25, 0.3) is 0 Å². The van der Waals surface area contributed by atoms with Crippen molar-refractivity contribution in [2.24, 2.45) is 5.92 Å². The van der Waals surface area contributed by atoms with E-state index < -0.39 is 0 Å². The SMILES string of the molecule is CC1CCC(Nc2cc(Br)ccc2N(C)C)CC1. The summed E-state index contributed by atoms with van der Waals surface area (Å²) in [6, 6.07) is 7.09. The molecule has 0 bridgehead atoms. The van der Waals surface area contributed by atoms with Gasteiger partial charge >= 0.3 is 0 Å². The lowest BCUT2D eigenvalue weighted by Gasteiger charge is -2.29. The second-order valence-electron chi connectivity index (χ2n) is 5.66. The predicted octanol–water partition coefficient (Wildman–Crippen LogP) is 4.51. The average molecular weight is 311 g/mol. The second kappa shape index (κ2) is 5.96. The summed E-state index contributed by atoms with van der Waals surface area (Å²) in [5.74, 6) is 0.902. The van der Waals surface area contributed by atoms with Crippen molar-refractivity contribution in [2.75, 3.05) is 24.3 Å². The number of hydrogen-bond acceptors (Lipinski definition) is 2. The van der Waals surface area contributed by atoms with Crippen LogP contribution in [0, 0.1) is 5.92 Å². The molecule has 1 aliphatic carbocycles. The molecule has 0 atom stereocenters. The van der Waals surface area contributed by atoms with Crippen LogP contribution in [0.25, 0.3) is 0 Å². The normalized spacial score (nSPS) is 23.8. The van der Waals surface area contributed by atoms with Crippen molar-refractivity contribution in [3.8, 4) is 0 Å². The van der Waals surface area contributed by atoms with E-state index in [2.05, 4.69) is 65.4 Å². The Labute approximate surface area is 119 Å². The van der Waals surface area contributed by atoms with Crippen LogP contribution in [0.1, 0.15) is 32.6 Å². The molecule has 0 aliphatic heterocycles. The minimum absolute atomic E-state index is 0.634. The van der Waals surface area contributed by atoms with E-state index in [0.29, 0.717) is 6.04 Å². The van der Waals surface area contributed by atoms with Gasteiger partial charge in [0.2, 0.25) is 0 Å². The van der Waals surface area contributed by atoms with Crippen LogP contribution >= 0.6 is 15.9 Å². The van der Waals surface area contributed by atoms with Gasteiger partial charge in [-0.2, -0.15) is 0 Å². The number of hydrogen-bond donors (Lipinski definition) is 1. The van der Waals surface area contributed by atoms with Gasteiger partial charge in [0.1, 0.15) is 0 Å². The van der Waals surface area contributed by atoms with Crippen molar-refractivity contribution in [1.82, 2.24) is 0 Å². The summed E-state index contributed by atoms with van der Waals surface area (Å²) < 4.78 is 1.14. The van der Waals surface area contributed by atoms with Gasteiger partial charge in [-0.25, -0.2) is 0 Å². The molecule has 100 valence electrons. The van der Waals surface area contributed by atoms with E-state index in [-0.39, 0.29) is 0 Å². The number of benzene rings is 1. The minimum Gasteiger partial charge on any atom is -0.381 e. The number of nitrogens with one attached hydrogen (secondary N) is 1. The maximum Gasteiger partial charge on any atom is 0.0597 e. The summed E-state index contributed by atoms with van der Waals surface area (Å²) in [6.07, 6.45) is 5.28. The number of nitrogens with zero attached hydrogens (tertiary/aromatic N) is 1. The van der Waals surface area contributed by atoms with E-state index in [0.717, 1.165) is 10.4 Å². The van der Waals surface area contributed by atoms with E-state index in [9.17, 15) is 0 Å². The monoisotopic (exact) mass is 310 g/mol. The first kappa shape index (κ1) is 13.7. The van der Waals surface area contributed by atoms with Crippen LogP contribution in [-0.2, 0) is 0 Å². The van der Waals surface area contributed by atoms with E-state index in [4.69, 9.17) is 0 Å². The molecule has 0 amide bonds. The van der Waals surface area contributed by atoms with E-state index in [1.165, 1.54) is 37.1 Å². The lowest BCUT2D eigenvalue weighted by Crippen LogP contribution is -2.26. The molecule has 0 unspecified atom stereocenters. The van der Waals surface area contributed by atoms with E-state index in [1.807, 2.05) is 0 Å². The third-order valence-corrected chi connectivity index (χ3v) is 4.31. The molecular weight excluding hydrogens is 288 g/mol. The predicted molar refractivity (Wildman–Crippen MR) is 83.5 cm³/mol. The molecule has 3 heteroatoms. The number of halogens is 1. The van der Waals surface area contributed by atoms with E-state index in [1.54, 1.807) is 0 Å². The zero-order valence-electron chi connectivity index (χ0n) is 11.5. The Morgan fingerprint density at radius 3 is 2.44 bits per heavy atom. The summed E-state index contributed by atoms with van der Waals surface area (Å²) in [7, 11) is 4.19. The molecule has 1 N–H and O–H groups in total. The first-order valence-electron chi connectivity index (χ1n) is 6.79. The van der Waals surface area contributed by atoms with Crippen LogP contribution in [0.3, 0.4) is 0 Å². The molecule has 1 aromatic rings. The Morgan fingerprint density at radius 2 is 1.83 bits per heavy atom. The van der Waals surface area contributed by atoms with Crippen LogP contribution in [-0.4, -0.2) is 20.1 Å². The second-order valence-corrected chi connectivity index (χ2v) is 6.57. The maximum atomic E-state index is 3.72. The Balaban J connectivity index is 2.10. The molecule has 1 fully saturated rings. The van der Waals surface area contributed by atoms with Crippen molar-refractivity contribution in [3.05, 3.63) is 22.7 Å². The molecule has 1 aromatic carbocycles. The zero-order chi connectivity index (χ0) is 13.1. The lowest BCUT2D eigenvalue weighted by molar-refractivity contribution is 0.361. The Hall–Kier alpha value is -0.700. The van der Waals surface area contributed by atoms with Crippen molar-refractivity contribution < 1.29 is 0 Å². The summed E-state index contributed by atoms with van der Waals surface area (Å²) in [5, 5.41) is 3.72. The van der Waals surface area contributed by atoms with Crippen molar-refractivity contribution >= 4 is 27.3 Å². The van der Waals surface area contributed by atoms with Crippen LogP contribution in [0.5, 0.6) is 0 Å². The van der Waals surface area contributed by atoms with Gasteiger partial charge in [-0.1, -0.05) is 22.9 Å². The largest absolute Gasteiger partial charge is 0.381 e. The van der Waals surface area contributed by atoms with Gasteiger partial charge in [-0.3, -0.25) is 0 Å². The molecule has 0 spiro atoms. The van der Waals surface area contributed by atoms with Gasteiger partial charge in [0.15, 0.2) is 0 Å². The zero-order valence-corrected chi connectivity index (χ0v) is 13.1. The van der Waals surface area contributed by atoms with Gasteiger partial charge in [0, 0.05) is 24.6 Å². The van der Waals surface area contributed by atoms with Crippen LogP contribution in [0.2, 0.25) is 0 Å². The quantitative estimate of drug-likeness (QED) is 0.884. The van der Waals surface area contributed by atoms with Crippen molar-refractivity contribution in [1.29, 1.82) is 0 Å². The fraction of sp³-hybridized carbons (Fsp3) is 0.600. The summed E-state index contributed by atoms with van der Waals surface area (Å²) >= 11 is 3.56. The molecular formula is C15H23BrN2. The highest BCUT2D eigenvalue weighted by Crippen LogP contribution is 2.32. The molecule has 0 saturated heterocycles. The minimum atomic E-state index is 0.634. The first-order valence-corrected chi connectivity index (χ1v) is 7.59. The molecule has 2 rings (SSSR count). The Morgan fingerprint density at radius 1 is 1.17 bits per heavy atom. The summed E-state index contributed by atoms with van der Waals surface area (Å²) in [4.78, 5) is 2.17. The fourth-order valence-corrected chi connectivity index (χ4v) is 3.00. The van der Waals surface area contributed by atoms with Gasteiger partial charge < -0.3 is 10.2 Å². The molecule has 0 radical (unpaired) electrons. The van der Waals surface area contributed by atoms with Crippen molar-refractivity contribution in [3.63, 3.8) is 0 Å². The van der Waals surface area contributed by atoms with Gasteiger partial charge in [0.05, 0.1) is 11.4 Å². The highest BCUT2D eigenvalue weighted by molar-refractivity contribution is 9.10. The Bertz CT molecular complexity index is 395. The fourth-order valence-electron chi connectivity index (χ4n) is 2.64. The average Bonchev–Trinajstić information content (AvgIpc) is 2.32. The maximum absolute atomic E-state index is 3.72. The van der Waals surface area contributed by atoms with Crippen LogP contribution < -0.4 is 10.2 Å². The first-order chi connectivity index (χ1) is 8.56. The number of anilines is 2. The van der Waals surface area contributed by atoms with Crippen LogP contribution in [0.4, 0.5) is 11.4 Å². The van der Waals surface area contributed by atoms with Gasteiger partial charge in [-0.15, -0.1) is 0 Å². The molecule has 1 saturated carbocycles. The standard InChI is InChI=1S/C15H23BrN2/c1-11-4-7-13(8-5-11)17-14-10-12(16)6-9-15(14)18(2)3/h6,9-11,13,17H,4-5,7-8H2,1-3H3. The van der Waals surface area contributed by atoms with Gasteiger partial charge in [-0.05, 0) is 49.8 Å². The lowest BCUT2D eigenvalue weighted by atomic mass is 9.87. The molecule has 18 heavy (non-hydrogen) atoms. The molecule has 0 aromatic heterocycles. The van der Waals surface area contributed by atoms with E-state index >= 15 is 0 Å². The summed E-state index contributed by atoms with van der Waals surface area (Å²) in [5.41, 5.74) is 2.51. The van der Waals surface area contributed by atoms with Crippen molar-refractivity contribution in [2.45, 2.75) is 38.6 Å². The molecule has 0 heterocycles. The highest BCUT2D eigenvalue weighted by Gasteiger charge is 2.19. The third-order valence-electron chi connectivity index (χ3n) is 3.82. The highest BCUT2D eigenvalue weighted by atomic mass is 79.9. The van der Waals surface area contributed by atoms with Crippen LogP contribution in [0.15, 0.2) is 22.7 Å². The third kappa shape index (κ3) is 3.41. The summed E-state index contributed by atoms with van der Waals surface area (Å²) in [6.45, 7) is 2.36. The topological polar surface area (TPSA) is 15.3 Å². The smallest absolute Gasteiger partial charge is 0.0597 e. The molecule has 1 aliphatic rings. The molecule has 2 nitrogen and oxygen atoms in total.